The van der Waals surface area contributed by atoms with Crippen LogP contribution in [0.4, 0.5) is 0 Å². The van der Waals surface area contributed by atoms with Crippen molar-refractivity contribution in [2.75, 3.05) is 20.6 Å². The molecular formula is C43H64N2O3. The third kappa shape index (κ3) is 5.02. The first-order chi connectivity index (χ1) is 22.4. The molecule has 1 aromatic carbocycles. The van der Waals surface area contributed by atoms with Crippen molar-refractivity contribution in [2.45, 2.75) is 125 Å². The number of allylic oxidation sites excluding steroid dienone is 3. The normalized spacial score (nSPS) is 41.3. The van der Waals surface area contributed by atoms with E-state index in [1.807, 2.05) is 12.1 Å². The Labute approximate surface area is 291 Å². The number of hydrogen-bond donors (Lipinski definition) is 2. The van der Waals surface area contributed by atoms with Gasteiger partial charge in [-0.3, -0.25) is 4.79 Å². The smallest absolute Gasteiger partial charge is 0.335 e. The maximum absolute atomic E-state index is 13.6. The largest absolute Gasteiger partial charge is 0.478 e. The summed E-state index contributed by atoms with van der Waals surface area (Å²) in [5, 5.41) is 13.3. The summed E-state index contributed by atoms with van der Waals surface area (Å²) in [4.78, 5) is 27.3. The van der Waals surface area contributed by atoms with Crippen LogP contribution in [0.5, 0.6) is 0 Å². The molecule has 5 nitrogen and oxygen atoms in total. The van der Waals surface area contributed by atoms with Crippen LogP contribution >= 0.6 is 0 Å². The van der Waals surface area contributed by atoms with Crippen LogP contribution in [0.25, 0.3) is 5.57 Å². The average Bonchev–Trinajstić information content (AvgIpc) is 3.39. The van der Waals surface area contributed by atoms with Gasteiger partial charge in [0.05, 0.1) is 5.56 Å². The standard InChI is InChI=1S/C43H64N2O3/c1-28(2)31-17-24-43(44-35(46)12-11-27-45(9)10)26-25-42(8)40(6)22-19-33-38(3,4)32(29-13-15-30(16-14-29)37(47)48)18-21-39(33,5)34(40)20-23-41(42,7)36(31)43/h13-16,18,31,33-34,36H,1,11-12,17,19-27H2,2-10H3,(H,44,46)(H,47,48)/t31-,33-,34+,36+,39?,40?,41?,42-,43-/m0/s1. The van der Waals surface area contributed by atoms with Crippen LogP contribution in [-0.4, -0.2) is 48.1 Å². The molecule has 3 unspecified atom stereocenters. The lowest BCUT2D eigenvalue weighted by Crippen LogP contribution is -2.72. The summed E-state index contributed by atoms with van der Waals surface area (Å²) in [5.41, 5.74) is 4.77. The molecule has 4 fully saturated rings. The number of nitrogens with zero attached hydrogens (tertiary/aromatic N) is 1. The van der Waals surface area contributed by atoms with Crippen molar-refractivity contribution in [3.05, 3.63) is 53.6 Å². The fourth-order valence-electron chi connectivity index (χ4n) is 13.8. The molecule has 0 spiro atoms. The zero-order valence-corrected chi connectivity index (χ0v) is 31.6. The van der Waals surface area contributed by atoms with Gasteiger partial charge in [-0.05, 0) is 166 Å². The van der Waals surface area contributed by atoms with E-state index < -0.39 is 5.97 Å². The SMILES string of the molecule is C=C(C)[C@@H]1CC[C@]2(NC(=O)CCCN(C)C)CC[C@@]3(C)C4(C)CC[C@H]5C(C)(C)C(c6ccc(C(=O)O)cc6)=CCC5(C)[C@H]4CCC3(C)[C@@H]12. The maximum atomic E-state index is 13.6. The number of benzene rings is 1. The van der Waals surface area contributed by atoms with Crippen molar-refractivity contribution in [3.63, 3.8) is 0 Å². The Hall–Kier alpha value is -2.40. The molecule has 1 amide bonds. The summed E-state index contributed by atoms with van der Waals surface area (Å²) in [6.07, 6.45) is 14.5. The molecule has 48 heavy (non-hydrogen) atoms. The van der Waals surface area contributed by atoms with Gasteiger partial charge >= 0.3 is 5.97 Å². The highest BCUT2D eigenvalue weighted by molar-refractivity contribution is 5.88. The number of carbonyl (C=O) groups excluding carboxylic acids is 1. The van der Waals surface area contributed by atoms with Crippen LogP contribution in [0.15, 0.2) is 42.5 Å². The van der Waals surface area contributed by atoms with Crippen LogP contribution in [-0.2, 0) is 4.79 Å². The molecule has 0 radical (unpaired) electrons. The average molecular weight is 657 g/mol. The predicted molar refractivity (Wildman–Crippen MR) is 197 cm³/mol. The first kappa shape index (κ1) is 35.4. The number of carboxylic acids is 1. The van der Waals surface area contributed by atoms with Gasteiger partial charge in [0.15, 0.2) is 0 Å². The number of hydrogen-bond acceptors (Lipinski definition) is 3. The number of carbonyl (C=O) groups is 2. The maximum Gasteiger partial charge on any atom is 0.335 e. The Morgan fingerprint density at radius 3 is 2.17 bits per heavy atom. The van der Waals surface area contributed by atoms with E-state index in [0.29, 0.717) is 35.7 Å². The second kappa shape index (κ2) is 11.8. The topological polar surface area (TPSA) is 69.6 Å². The van der Waals surface area contributed by atoms with Crippen molar-refractivity contribution in [3.8, 4) is 0 Å². The van der Waals surface area contributed by atoms with Gasteiger partial charge in [-0.15, -0.1) is 0 Å². The van der Waals surface area contributed by atoms with Crippen molar-refractivity contribution in [2.24, 2.45) is 50.7 Å². The van der Waals surface area contributed by atoms with E-state index in [4.69, 9.17) is 0 Å². The molecule has 1 aromatic rings. The molecule has 0 aliphatic heterocycles. The van der Waals surface area contributed by atoms with Crippen LogP contribution in [0.2, 0.25) is 0 Å². The summed E-state index contributed by atoms with van der Waals surface area (Å²) in [6, 6.07) is 7.57. The minimum atomic E-state index is -0.870. The molecule has 264 valence electrons. The molecular weight excluding hydrogens is 592 g/mol. The Morgan fingerprint density at radius 1 is 0.896 bits per heavy atom. The van der Waals surface area contributed by atoms with Crippen molar-refractivity contribution < 1.29 is 14.7 Å². The lowest BCUT2D eigenvalue weighted by Gasteiger charge is -2.75. The van der Waals surface area contributed by atoms with Gasteiger partial charge in [-0.25, -0.2) is 4.79 Å². The van der Waals surface area contributed by atoms with Crippen LogP contribution < -0.4 is 5.32 Å². The Kier molecular flexibility index (Phi) is 8.74. The number of amides is 1. The number of fused-ring (bicyclic) bond motifs is 7. The zero-order chi connectivity index (χ0) is 35.1. The molecule has 5 aliphatic rings. The second-order valence-corrected chi connectivity index (χ2v) is 18.9. The van der Waals surface area contributed by atoms with Gasteiger partial charge < -0.3 is 15.3 Å². The summed E-state index contributed by atoms with van der Waals surface area (Å²) in [7, 11) is 4.17. The van der Waals surface area contributed by atoms with Crippen molar-refractivity contribution in [1.82, 2.24) is 10.2 Å². The Balaban J connectivity index is 1.33. The minimum absolute atomic E-state index is 0.00416. The second-order valence-electron chi connectivity index (χ2n) is 18.9. The quantitative estimate of drug-likeness (QED) is 0.274. The fourth-order valence-corrected chi connectivity index (χ4v) is 13.8. The Morgan fingerprint density at radius 2 is 1.54 bits per heavy atom. The van der Waals surface area contributed by atoms with E-state index in [2.05, 4.69) is 85.4 Å². The molecule has 4 saturated carbocycles. The van der Waals surface area contributed by atoms with Gasteiger partial charge in [-0.1, -0.05) is 71.9 Å². The number of carboxylic acid groups (broad SMARTS) is 1. The monoisotopic (exact) mass is 656 g/mol. The molecule has 0 saturated heterocycles. The van der Waals surface area contributed by atoms with E-state index in [1.165, 1.54) is 48.8 Å². The lowest BCUT2D eigenvalue weighted by molar-refractivity contribution is -0.256. The van der Waals surface area contributed by atoms with Gasteiger partial charge in [0.1, 0.15) is 0 Å². The van der Waals surface area contributed by atoms with Crippen LogP contribution in [0, 0.1) is 50.7 Å². The molecule has 0 aromatic heterocycles. The summed E-state index contributed by atoms with van der Waals surface area (Å²) in [6.45, 7) is 23.3. The molecule has 0 heterocycles. The van der Waals surface area contributed by atoms with Crippen molar-refractivity contribution in [1.29, 1.82) is 0 Å². The highest BCUT2D eigenvalue weighted by Crippen LogP contribution is 2.80. The van der Waals surface area contributed by atoms with Gasteiger partial charge in [0, 0.05) is 12.0 Å². The molecule has 2 N–H and O–H groups in total. The highest BCUT2D eigenvalue weighted by Gasteiger charge is 2.74. The highest BCUT2D eigenvalue weighted by atomic mass is 16.4. The van der Waals surface area contributed by atoms with E-state index in [-0.39, 0.29) is 38.5 Å². The first-order valence-electron chi connectivity index (χ1n) is 19.0. The van der Waals surface area contributed by atoms with Gasteiger partial charge in [0.2, 0.25) is 5.91 Å². The lowest BCUT2D eigenvalue weighted by atomic mass is 9.29. The molecule has 6 rings (SSSR count). The Bertz CT molecular complexity index is 1490. The van der Waals surface area contributed by atoms with Crippen LogP contribution in [0.1, 0.15) is 135 Å². The minimum Gasteiger partial charge on any atom is -0.478 e. The van der Waals surface area contributed by atoms with E-state index in [0.717, 1.165) is 38.6 Å². The predicted octanol–water partition coefficient (Wildman–Crippen LogP) is 9.64. The fraction of sp³-hybridized carbons (Fsp3) is 0.721. The molecule has 5 heteroatoms. The third-order valence-electron chi connectivity index (χ3n) is 16.2. The first-order valence-corrected chi connectivity index (χ1v) is 19.0. The number of aromatic carboxylic acids is 1. The van der Waals surface area contributed by atoms with E-state index in [9.17, 15) is 14.7 Å². The summed E-state index contributed by atoms with van der Waals surface area (Å²) in [5.74, 6) is 1.44. The zero-order valence-electron chi connectivity index (χ0n) is 31.6. The third-order valence-corrected chi connectivity index (χ3v) is 16.2. The molecule has 0 bridgehead atoms. The summed E-state index contributed by atoms with van der Waals surface area (Å²) >= 11 is 0. The molecule has 5 aliphatic carbocycles. The van der Waals surface area contributed by atoms with E-state index in [1.54, 1.807) is 12.1 Å². The van der Waals surface area contributed by atoms with Crippen LogP contribution in [0.3, 0.4) is 0 Å². The number of nitrogens with one attached hydrogen (secondary N) is 1. The number of rotatable bonds is 8. The van der Waals surface area contributed by atoms with Gasteiger partial charge in [-0.2, -0.15) is 0 Å². The van der Waals surface area contributed by atoms with Gasteiger partial charge in [0.25, 0.3) is 0 Å². The molecule has 9 atom stereocenters. The summed E-state index contributed by atoms with van der Waals surface area (Å²) < 4.78 is 0. The van der Waals surface area contributed by atoms with Crippen molar-refractivity contribution >= 4 is 17.4 Å². The van der Waals surface area contributed by atoms with E-state index >= 15 is 0 Å².